The Morgan fingerprint density at radius 3 is 3.00 bits per heavy atom. The Morgan fingerprint density at radius 2 is 2.30 bits per heavy atom. The van der Waals surface area contributed by atoms with Gasteiger partial charge in [0.1, 0.15) is 0 Å². The van der Waals surface area contributed by atoms with Crippen molar-refractivity contribution in [2.75, 3.05) is 31.2 Å². The smallest absolute Gasteiger partial charge is 0.165 e. The minimum absolute atomic E-state index is 0.307. The molecule has 2 rings (SSSR count). The lowest BCUT2D eigenvalue weighted by Crippen LogP contribution is -2.28. The first-order chi connectivity index (χ1) is 9.58. The Balaban J connectivity index is 2.02. The van der Waals surface area contributed by atoms with E-state index in [0.717, 1.165) is 24.4 Å². The van der Waals surface area contributed by atoms with Crippen molar-refractivity contribution in [3.63, 3.8) is 0 Å². The van der Waals surface area contributed by atoms with Crippen molar-refractivity contribution in [1.82, 2.24) is 4.90 Å². The van der Waals surface area contributed by atoms with Crippen molar-refractivity contribution in [2.45, 2.75) is 20.4 Å². The van der Waals surface area contributed by atoms with Gasteiger partial charge in [-0.1, -0.05) is 13.0 Å². The van der Waals surface area contributed by atoms with E-state index >= 15 is 0 Å². The predicted octanol–water partition coefficient (Wildman–Crippen LogP) is 2.42. The summed E-state index contributed by atoms with van der Waals surface area (Å²) in [5.74, 6) is 1.90. The van der Waals surface area contributed by atoms with E-state index in [1.165, 1.54) is 6.07 Å². The molecule has 2 unspecified atom stereocenters. The van der Waals surface area contributed by atoms with Crippen LogP contribution in [0.5, 0.6) is 5.75 Å². The molecule has 0 N–H and O–H groups in total. The Kier molecular flexibility index (Phi) is 5.54. The summed E-state index contributed by atoms with van der Waals surface area (Å²) in [6, 6.07) is 5.13. The fourth-order valence-electron chi connectivity index (χ4n) is 2.53. The van der Waals surface area contributed by atoms with E-state index < -0.39 is 10.8 Å². The van der Waals surface area contributed by atoms with Crippen molar-refractivity contribution in [3.05, 3.63) is 29.6 Å². The highest BCUT2D eigenvalue weighted by Crippen LogP contribution is 2.20. The Morgan fingerprint density at radius 1 is 1.50 bits per heavy atom. The minimum atomic E-state index is -0.713. The van der Waals surface area contributed by atoms with Crippen LogP contribution in [0.25, 0.3) is 0 Å². The van der Waals surface area contributed by atoms with Crippen LogP contribution in [0.15, 0.2) is 18.2 Å². The molecule has 2 atom stereocenters. The van der Waals surface area contributed by atoms with Gasteiger partial charge in [0.15, 0.2) is 11.6 Å². The monoisotopic (exact) mass is 299 g/mol. The Hall–Kier alpha value is -0.940. The van der Waals surface area contributed by atoms with Crippen LogP contribution >= 0.6 is 0 Å². The number of benzene rings is 1. The van der Waals surface area contributed by atoms with Crippen molar-refractivity contribution in [3.8, 4) is 5.75 Å². The molecule has 1 fully saturated rings. The fourth-order valence-corrected chi connectivity index (χ4v) is 3.90. The van der Waals surface area contributed by atoms with Gasteiger partial charge >= 0.3 is 0 Å². The van der Waals surface area contributed by atoms with E-state index in [9.17, 15) is 8.60 Å². The molecular weight excluding hydrogens is 277 g/mol. The molecule has 1 saturated heterocycles. The van der Waals surface area contributed by atoms with Gasteiger partial charge in [0.2, 0.25) is 0 Å². The Bertz CT molecular complexity index is 481. The van der Waals surface area contributed by atoms with Crippen molar-refractivity contribution in [2.24, 2.45) is 5.92 Å². The second kappa shape index (κ2) is 7.18. The van der Waals surface area contributed by atoms with E-state index in [1.807, 2.05) is 13.0 Å². The van der Waals surface area contributed by atoms with Gasteiger partial charge in [0.05, 0.1) is 6.61 Å². The lowest BCUT2D eigenvalue weighted by Gasteiger charge is -2.22. The third-order valence-electron chi connectivity index (χ3n) is 3.38. The molecule has 0 amide bonds. The number of halogens is 1. The summed E-state index contributed by atoms with van der Waals surface area (Å²) in [6.07, 6.45) is 0. The third-order valence-corrected chi connectivity index (χ3v) is 4.96. The van der Waals surface area contributed by atoms with Crippen LogP contribution in [0, 0.1) is 11.7 Å². The second-order valence-corrected chi connectivity index (χ2v) is 6.97. The second-order valence-electron chi connectivity index (χ2n) is 5.35. The van der Waals surface area contributed by atoms with Crippen molar-refractivity contribution in [1.29, 1.82) is 0 Å². The largest absolute Gasteiger partial charge is 0.491 e. The zero-order chi connectivity index (χ0) is 14.5. The maximum absolute atomic E-state index is 13.8. The highest BCUT2D eigenvalue weighted by Gasteiger charge is 2.19. The van der Waals surface area contributed by atoms with Crippen LogP contribution in [0.2, 0.25) is 0 Å². The topological polar surface area (TPSA) is 29.5 Å². The fraction of sp³-hybridized carbons (Fsp3) is 0.600. The van der Waals surface area contributed by atoms with E-state index in [1.54, 1.807) is 6.07 Å². The zero-order valence-electron chi connectivity index (χ0n) is 12.1. The first kappa shape index (κ1) is 15.4. The summed E-state index contributed by atoms with van der Waals surface area (Å²) < 4.78 is 30.7. The number of rotatable bonds is 4. The average molecular weight is 299 g/mol. The predicted molar refractivity (Wildman–Crippen MR) is 79.9 cm³/mol. The van der Waals surface area contributed by atoms with Gasteiger partial charge in [-0.05, 0) is 30.5 Å². The molecule has 5 heteroatoms. The SMILES string of the molecule is CCOc1ccc(CN2CCS(=O)CC(C)C2)cc1F. The Labute approximate surface area is 122 Å². The van der Waals surface area contributed by atoms with Crippen LogP contribution < -0.4 is 4.74 Å². The summed E-state index contributed by atoms with van der Waals surface area (Å²) in [4.78, 5) is 2.25. The summed E-state index contributed by atoms with van der Waals surface area (Å²) in [5, 5.41) is 0. The normalized spacial score (nSPS) is 24.4. The van der Waals surface area contributed by atoms with Gasteiger partial charge in [-0.3, -0.25) is 9.11 Å². The number of hydrogen-bond donors (Lipinski definition) is 0. The molecule has 0 aliphatic carbocycles. The molecule has 1 aliphatic rings. The van der Waals surface area contributed by atoms with Crippen LogP contribution in [-0.2, 0) is 17.3 Å². The summed E-state index contributed by atoms with van der Waals surface area (Å²) in [7, 11) is -0.713. The lowest BCUT2D eigenvalue weighted by molar-refractivity contribution is 0.256. The third kappa shape index (κ3) is 4.28. The molecule has 112 valence electrons. The quantitative estimate of drug-likeness (QED) is 0.855. The molecule has 0 spiro atoms. The standard InChI is InChI=1S/C15H22FNO2S/c1-3-19-15-5-4-13(8-14(15)16)10-17-6-7-20(18)11-12(2)9-17/h4-5,8,12H,3,6-7,9-11H2,1-2H3. The molecule has 0 bridgehead atoms. The molecular formula is C15H22FNO2S. The van der Waals surface area contributed by atoms with Crippen LogP contribution in [0.3, 0.4) is 0 Å². The molecule has 0 radical (unpaired) electrons. The maximum Gasteiger partial charge on any atom is 0.165 e. The number of ether oxygens (including phenoxy) is 1. The van der Waals surface area contributed by atoms with Crippen LogP contribution in [0.4, 0.5) is 4.39 Å². The van der Waals surface area contributed by atoms with Crippen LogP contribution in [0.1, 0.15) is 19.4 Å². The van der Waals surface area contributed by atoms with E-state index in [0.29, 0.717) is 30.6 Å². The summed E-state index contributed by atoms with van der Waals surface area (Å²) in [5.41, 5.74) is 0.936. The number of hydrogen-bond acceptors (Lipinski definition) is 3. The maximum atomic E-state index is 13.8. The zero-order valence-corrected chi connectivity index (χ0v) is 12.9. The molecule has 1 heterocycles. The van der Waals surface area contributed by atoms with Gasteiger partial charge in [0.25, 0.3) is 0 Å². The van der Waals surface area contributed by atoms with E-state index in [-0.39, 0.29) is 5.82 Å². The minimum Gasteiger partial charge on any atom is -0.491 e. The number of nitrogens with zero attached hydrogens (tertiary/aromatic N) is 1. The van der Waals surface area contributed by atoms with Crippen LogP contribution in [-0.4, -0.2) is 40.3 Å². The molecule has 0 saturated carbocycles. The van der Waals surface area contributed by atoms with Gasteiger partial charge in [0, 0.05) is 41.9 Å². The first-order valence-electron chi connectivity index (χ1n) is 7.07. The molecule has 0 aromatic heterocycles. The molecule has 1 aliphatic heterocycles. The highest BCUT2D eigenvalue weighted by molar-refractivity contribution is 7.85. The highest BCUT2D eigenvalue weighted by atomic mass is 32.2. The molecule has 1 aromatic rings. The average Bonchev–Trinajstić information content (AvgIpc) is 2.54. The van der Waals surface area contributed by atoms with Gasteiger partial charge in [-0.15, -0.1) is 0 Å². The van der Waals surface area contributed by atoms with Crippen molar-refractivity contribution >= 4 is 10.8 Å². The van der Waals surface area contributed by atoms with E-state index in [4.69, 9.17) is 4.74 Å². The van der Waals surface area contributed by atoms with Gasteiger partial charge in [-0.25, -0.2) is 4.39 Å². The van der Waals surface area contributed by atoms with Gasteiger partial charge < -0.3 is 4.74 Å². The molecule has 20 heavy (non-hydrogen) atoms. The first-order valence-corrected chi connectivity index (χ1v) is 8.56. The van der Waals surface area contributed by atoms with Gasteiger partial charge in [-0.2, -0.15) is 0 Å². The summed E-state index contributed by atoms with van der Waals surface area (Å²) >= 11 is 0. The molecule has 1 aromatic carbocycles. The van der Waals surface area contributed by atoms with Crippen molar-refractivity contribution < 1.29 is 13.3 Å². The lowest BCUT2D eigenvalue weighted by atomic mass is 10.1. The molecule has 3 nitrogen and oxygen atoms in total. The summed E-state index contributed by atoms with van der Waals surface area (Å²) in [6.45, 7) is 6.85. The van der Waals surface area contributed by atoms with E-state index in [2.05, 4.69) is 11.8 Å².